The maximum Gasteiger partial charge on any atom is 0.335 e. The van der Waals surface area contributed by atoms with Crippen molar-refractivity contribution in [3.05, 3.63) is 88.0 Å². The summed E-state index contributed by atoms with van der Waals surface area (Å²) in [4.78, 5) is 33.1. The first kappa shape index (κ1) is 29.5. The molecule has 44 heavy (non-hydrogen) atoms. The SMILES string of the molecule is NC(=O)COCc1nc(-c2ccc(F)cc2)c(COc2ccc(-c3nc4cc(C(=O)O)ccc4n3C3CCCCC3)cc2)s1. The van der Waals surface area contributed by atoms with Gasteiger partial charge in [0.25, 0.3) is 0 Å². The van der Waals surface area contributed by atoms with Gasteiger partial charge in [-0.25, -0.2) is 19.2 Å². The number of aromatic nitrogens is 3. The van der Waals surface area contributed by atoms with Crippen molar-refractivity contribution in [2.75, 3.05) is 6.61 Å². The second-order valence-electron chi connectivity index (χ2n) is 10.8. The number of imidazole rings is 1. The fourth-order valence-electron chi connectivity index (χ4n) is 5.63. The van der Waals surface area contributed by atoms with E-state index >= 15 is 0 Å². The molecule has 0 spiro atoms. The zero-order valence-electron chi connectivity index (χ0n) is 23.9. The molecule has 3 N–H and O–H groups in total. The average Bonchev–Trinajstić information content (AvgIpc) is 3.62. The Kier molecular flexibility index (Phi) is 8.67. The molecule has 0 radical (unpaired) electrons. The molecule has 0 unspecified atom stereocenters. The number of primary amides is 1. The van der Waals surface area contributed by atoms with E-state index in [9.17, 15) is 19.1 Å². The minimum Gasteiger partial charge on any atom is -0.488 e. The molecule has 11 heteroatoms. The number of nitrogens with two attached hydrogens (primary N) is 1. The summed E-state index contributed by atoms with van der Waals surface area (Å²) in [5, 5.41) is 10.2. The molecule has 1 aliphatic rings. The molecular formula is C33H31FN4O5S. The number of rotatable bonds is 11. The van der Waals surface area contributed by atoms with Crippen molar-refractivity contribution in [2.24, 2.45) is 5.73 Å². The summed E-state index contributed by atoms with van der Waals surface area (Å²) in [6, 6.07) is 19.2. The molecular weight excluding hydrogens is 583 g/mol. The highest BCUT2D eigenvalue weighted by Gasteiger charge is 2.23. The predicted molar refractivity (Wildman–Crippen MR) is 165 cm³/mol. The molecule has 0 saturated heterocycles. The molecule has 226 valence electrons. The monoisotopic (exact) mass is 614 g/mol. The van der Waals surface area contributed by atoms with E-state index in [1.165, 1.54) is 29.9 Å². The maximum atomic E-state index is 13.6. The number of carboxylic acids is 1. The van der Waals surface area contributed by atoms with Gasteiger partial charge in [0.1, 0.15) is 35.6 Å². The van der Waals surface area contributed by atoms with Crippen LogP contribution in [0.5, 0.6) is 5.75 Å². The van der Waals surface area contributed by atoms with Crippen LogP contribution in [-0.4, -0.2) is 38.1 Å². The standard InChI is InChI=1S/C33H31FN4O5S/c34-23-11-6-20(7-12-23)31-28(44-30(37-31)19-42-18-29(35)39)17-43-25-13-8-21(9-14-25)32-36-26-16-22(33(40)41)10-15-27(26)38(32)24-4-2-1-3-5-24/h6-16,24H,1-5,17-19H2,(H2,35,39)(H,40,41). The molecule has 1 fully saturated rings. The Morgan fingerprint density at radius 2 is 1.68 bits per heavy atom. The summed E-state index contributed by atoms with van der Waals surface area (Å²) in [5.74, 6) is -0.427. The van der Waals surface area contributed by atoms with Crippen molar-refractivity contribution in [3.63, 3.8) is 0 Å². The second kappa shape index (κ2) is 12.9. The number of hydrogen-bond donors (Lipinski definition) is 2. The molecule has 0 aliphatic heterocycles. The van der Waals surface area contributed by atoms with Crippen LogP contribution in [0.2, 0.25) is 0 Å². The molecule has 1 saturated carbocycles. The highest BCUT2D eigenvalue weighted by molar-refractivity contribution is 7.12. The first-order valence-corrected chi connectivity index (χ1v) is 15.3. The van der Waals surface area contributed by atoms with Crippen LogP contribution < -0.4 is 10.5 Å². The zero-order chi connectivity index (χ0) is 30.6. The van der Waals surface area contributed by atoms with Gasteiger partial charge >= 0.3 is 5.97 Å². The molecule has 0 atom stereocenters. The van der Waals surface area contributed by atoms with Crippen LogP contribution in [0.1, 0.15) is 58.4 Å². The highest BCUT2D eigenvalue weighted by atomic mass is 32.1. The average molecular weight is 615 g/mol. The summed E-state index contributed by atoms with van der Waals surface area (Å²) < 4.78 is 27.4. The van der Waals surface area contributed by atoms with E-state index in [4.69, 9.17) is 20.2 Å². The summed E-state index contributed by atoms with van der Waals surface area (Å²) >= 11 is 1.39. The number of fused-ring (bicyclic) bond motifs is 1. The lowest BCUT2D eigenvalue weighted by atomic mass is 9.95. The number of carbonyl (C=O) groups excluding carboxylic acids is 1. The van der Waals surface area contributed by atoms with Crippen molar-refractivity contribution in [2.45, 2.75) is 51.4 Å². The van der Waals surface area contributed by atoms with Crippen LogP contribution in [0.3, 0.4) is 0 Å². The number of hydrogen-bond acceptors (Lipinski definition) is 7. The molecule has 2 aromatic heterocycles. The number of nitrogens with zero attached hydrogens (tertiary/aromatic N) is 3. The number of benzene rings is 3. The third-order valence-electron chi connectivity index (χ3n) is 7.69. The third-order valence-corrected chi connectivity index (χ3v) is 8.69. The second-order valence-corrected chi connectivity index (χ2v) is 11.9. The Balaban J connectivity index is 1.25. The van der Waals surface area contributed by atoms with E-state index in [2.05, 4.69) is 9.55 Å². The van der Waals surface area contributed by atoms with Gasteiger partial charge in [-0.2, -0.15) is 0 Å². The van der Waals surface area contributed by atoms with E-state index in [0.29, 0.717) is 28.0 Å². The van der Waals surface area contributed by atoms with Crippen molar-refractivity contribution in [1.82, 2.24) is 14.5 Å². The van der Waals surface area contributed by atoms with Gasteiger partial charge in [0.15, 0.2) is 0 Å². The van der Waals surface area contributed by atoms with Gasteiger partial charge in [-0.15, -0.1) is 11.3 Å². The van der Waals surface area contributed by atoms with Crippen LogP contribution in [0.15, 0.2) is 66.7 Å². The Morgan fingerprint density at radius 3 is 2.39 bits per heavy atom. The lowest BCUT2D eigenvalue weighted by molar-refractivity contribution is -0.122. The number of aromatic carboxylic acids is 1. The van der Waals surface area contributed by atoms with Crippen molar-refractivity contribution in [1.29, 1.82) is 0 Å². The number of carbonyl (C=O) groups is 2. The van der Waals surface area contributed by atoms with Crippen LogP contribution in [0, 0.1) is 5.82 Å². The number of thiazole rings is 1. The van der Waals surface area contributed by atoms with E-state index in [0.717, 1.165) is 53.0 Å². The lowest BCUT2D eigenvalue weighted by Gasteiger charge is -2.25. The third kappa shape index (κ3) is 6.48. The Labute approximate surface area is 257 Å². The molecule has 6 rings (SSSR count). The number of halogens is 1. The number of amides is 1. The Bertz CT molecular complexity index is 1790. The van der Waals surface area contributed by atoms with Crippen molar-refractivity contribution < 1.29 is 28.6 Å². The van der Waals surface area contributed by atoms with Crippen LogP contribution in [-0.2, 0) is 22.7 Å². The van der Waals surface area contributed by atoms with Gasteiger partial charge in [0, 0.05) is 17.2 Å². The summed E-state index contributed by atoms with van der Waals surface area (Å²) in [5.41, 5.74) is 9.31. The first-order chi connectivity index (χ1) is 21.4. The summed E-state index contributed by atoms with van der Waals surface area (Å²) in [7, 11) is 0. The van der Waals surface area contributed by atoms with Crippen molar-refractivity contribution >= 4 is 34.2 Å². The maximum absolute atomic E-state index is 13.6. The quantitative estimate of drug-likeness (QED) is 0.168. The normalized spacial score (nSPS) is 13.8. The van der Waals surface area contributed by atoms with Crippen molar-refractivity contribution in [3.8, 4) is 28.4 Å². The molecule has 9 nitrogen and oxygen atoms in total. The van der Waals surface area contributed by atoms with Crippen LogP contribution >= 0.6 is 11.3 Å². The largest absolute Gasteiger partial charge is 0.488 e. The smallest absolute Gasteiger partial charge is 0.335 e. The van der Waals surface area contributed by atoms with E-state index < -0.39 is 11.9 Å². The van der Waals surface area contributed by atoms with E-state index in [1.807, 2.05) is 30.3 Å². The molecule has 1 amide bonds. The van der Waals surface area contributed by atoms with Gasteiger partial charge in [-0.3, -0.25) is 4.79 Å². The summed E-state index contributed by atoms with van der Waals surface area (Å²) in [6.45, 7) is 0.128. The van der Waals surface area contributed by atoms with Gasteiger partial charge in [0.2, 0.25) is 5.91 Å². The van der Waals surface area contributed by atoms with Gasteiger partial charge in [-0.1, -0.05) is 19.3 Å². The topological polar surface area (TPSA) is 130 Å². The van der Waals surface area contributed by atoms with Crippen LogP contribution in [0.4, 0.5) is 4.39 Å². The molecule has 2 heterocycles. The Hall–Kier alpha value is -4.61. The zero-order valence-corrected chi connectivity index (χ0v) is 24.7. The minimum atomic E-state index is -0.976. The molecule has 1 aliphatic carbocycles. The van der Waals surface area contributed by atoms with Gasteiger partial charge in [-0.05, 0) is 79.6 Å². The molecule has 3 aromatic carbocycles. The van der Waals surface area contributed by atoms with Gasteiger partial charge in [0.05, 0.1) is 33.8 Å². The van der Waals surface area contributed by atoms with E-state index in [-0.39, 0.29) is 31.2 Å². The first-order valence-electron chi connectivity index (χ1n) is 14.4. The molecule has 5 aromatic rings. The highest BCUT2D eigenvalue weighted by Crippen LogP contribution is 2.37. The Morgan fingerprint density at radius 1 is 0.955 bits per heavy atom. The number of carboxylic acid groups (broad SMARTS) is 1. The lowest BCUT2D eigenvalue weighted by Crippen LogP contribution is -2.17. The predicted octanol–water partition coefficient (Wildman–Crippen LogP) is 6.75. The fraction of sp³-hybridized carbons (Fsp3) is 0.273. The summed E-state index contributed by atoms with van der Waals surface area (Å²) in [6.07, 6.45) is 5.64. The van der Waals surface area contributed by atoms with Gasteiger partial charge < -0.3 is 24.9 Å². The van der Waals surface area contributed by atoms with Crippen LogP contribution in [0.25, 0.3) is 33.7 Å². The van der Waals surface area contributed by atoms with E-state index in [1.54, 1.807) is 24.3 Å². The fourth-order valence-corrected chi connectivity index (χ4v) is 6.57. The number of ether oxygens (including phenoxy) is 2. The minimum absolute atomic E-state index is 0.118. The molecule has 0 bridgehead atoms.